The summed E-state index contributed by atoms with van der Waals surface area (Å²) in [6, 6.07) is 6.77. The summed E-state index contributed by atoms with van der Waals surface area (Å²) in [7, 11) is 0. The number of hydrogen-bond donors (Lipinski definition) is 0. The molecule has 0 spiro atoms. The van der Waals surface area contributed by atoms with Gasteiger partial charge < -0.3 is 9.47 Å². The Kier molecular flexibility index (Phi) is 3.39. The second kappa shape index (κ2) is 5.17. The average molecular weight is 337 g/mol. The Morgan fingerprint density at radius 1 is 1.32 bits per heavy atom. The minimum Gasteiger partial charge on any atom is -0.341 e. The molecule has 2 aliphatic rings. The molecule has 1 aliphatic carbocycles. The predicted molar refractivity (Wildman–Crippen MR) is 89.6 cm³/mol. The Balaban J connectivity index is 1.90. The molecule has 1 aliphatic heterocycles. The number of aryl methyl sites for hydroxylation is 2. The maximum atomic E-state index is 12.3. The zero-order valence-electron chi connectivity index (χ0n) is 12.5. The largest absolute Gasteiger partial charge is 0.341 e. The van der Waals surface area contributed by atoms with E-state index >= 15 is 0 Å². The number of rotatable bonds is 1. The molecule has 116 valence electrons. The van der Waals surface area contributed by atoms with Crippen LogP contribution in [-0.4, -0.2) is 26.8 Å². The van der Waals surface area contributed by atoms with E-state index < -0.39 is 4.84 Å². The highest BCUT2D eigenvalue weighted by Gasteiger charge is 2.38. The van der Waals surface area contributed by atoms with E-state index in [1.807, 2.05) is 4.90 Å². The number of benzene rings is 1. The number of alkyl halides is 2. The van der Waals surface area contributed by atoms with Crippen LogP contribution in [0.1, 0.15) is 35.7 Å². The Morgan fingerprint density at radius 2 is 2.14 bits per heavy atom. The molecule has 0 saturated heterocycles. The highest BCUT2D eigenvalue weighted by atomic mass is 35.5. The zero-order valence-corrected chi connectivity index (χ0v) is 14.0. The molecule has 0 fully saturated rings. The lowest BCUT2D eigenvalue weighted by atomic mass is 9.89. The van der Waals surface area contributed by atoms with Crippen LogP contribution in [0, 0.1) is 6.92 Å². The van der Waals surface area contributed by atoms with E-state index in [4.69, 9.17) is 23.2 Å². The maximum Gasteiger partial charge on any atom is 0.256 e. The first-order valence-corrected chi connectivity index (χ1v) is 8.65. The average Bonchev–Trinajstić information content (AvgIpc) is 2.83. The standard InChI is InChI=1S/C17H18Cl2N2O/c1-10-5-6-13-12(9-10)11-3-2-4-14-15(11)20(13)7-8-21(14)17(22)16(18)19/h5-6,9,14,16H,2-4,7-8H2,1H3. The van der Waals surface area contributed by atoms with Gasteiger partial charge in [-0.05, 0) is 43.9 Å². The van der Waals surface area contributed by atoms with Crippen molar-refractivity contribution >= 4 is 40.0 Å². The van der Waals surface area contributed by atoms with Crippen molar-refractivity contribution in [1.29, 1.82) is 0 Å². The minimum absolute atomic E-state index is 0.123. The van der Waals surface area contributed by atoms with Gasteiger partial charge in [-0.25, -0.2) is 0 Å². The van der Waals surface area contributed by atoms with Crippen LogP contribution in [-0.2, 0) is 17.8 Å². The normalized spacial score (nSPS) is 20.5. The van der Waals surface area contributed by atoms with E-state index in [0.29, 0.717) is 6.54 Å². The van der Waals surface area contributed by atoms with Crippen molar-refractivity contribution in [3.05, 3.63) is 35.0 Å². The summed E-state index contributed by atoms with van der Waals surface area (Å²) in [5.74, 6) is -0.158. The Labute approximate surface area is 139 Å². The third-order valence-corrected chi connectivity index (χ3v) is 5.37. The summed E-state index contributed by atoms with van der Waals surface area (Å²) in [5, 5.41) is 1.35. The highest BCUT2D eigenvalue weighted by Crippen LogP contribution is 2.43. The third-order valence-electron chi connectivity index (χ3n) is 5.00. The van der Waals surface area contributed by atoms with Gasteiger partial charge in [0.1, 0.15) is 0 Å². The number of carbonyl (C=O) groups is 1. The summed E-state index contributed by atoms with van der Waals surface area (Å²) in [5.41, 5.74) is 5.29. The van der Waals surface area contributed by atoms with Gasteiger partial charge in [-0.3, -0.25) is 4.79 Å². The predicted octanol–water partition coefficient (Wildman–Crippen LogP) is 3.97. The van der Waals surface area contributed by atoms with E-state index in [2.05, 4.69) is 29.7 Å². The van der Waals surface area contributed by atoms with Crippen LogP contribution < -0.4 is 0 Å². The Hall–Kier alpha value is -1.19. The van der Waals surface area contributed by atoms with E-state index in [-0.39, 0.29) is 11.9 Å². The van der Waals surface area contributed by atoms with Crippen molar-refractivity contribution < 1.29 is 4.79 Å². The molecule has 1 unspecified atom stereocenters. The molecule has 1 amide bonds. The number of aromatic nitrogens is 1. The summed E-state index contributed by atoms with van der Waals surface area (Å²) in [4.78, 5) is 13.2. The molecule has 2 aromatic rings. The van der Waals surface area contributed by atoms with Gasteiger partial charge in [-0.1, -0.05) is 34.8 Å². The molecule has 1 atom stereocenters. The van der Waals surface area contributed by atoms with Crippen LogP contribution in [0.4, 0.5) is 0 Å². The van der Waals surface area contributed by atoms with E-state index in [1.165, 1.54) is 27.7 Å². The Bertz CT molecular complexity index is 766. The Morgan fingerprint density at radius 3 is 2.91 bits per heavy atom. The number of fused-ring (bicyclic) bond motifs is 3. The van der Waals surface area contributed by atoms with Gasteiger partial charge in [0.25, 0.3) is 5.91 Å². The minimum atomic E-state index is -0.969. The molecule has 1 aromatic carbocycles. The summed E-state index contributed by atoms with van der Waals surface area (Å²) >= 11 is 11.7. The quantitative estimate of drug-likeness (QED) is 0.723. The molecule has 3 nitrogen and oxygen atoms in total. The van der Waals surface area contributed by atoms with E-state index in [0.717, 1.165) is 25.8 Å². The molecule has 4 rings (SSSR count). The molecule has 0 saturated carbocycles. The van der Waals surface area contributed by atoms with Crippen LogP contribution in [0.5, 0.6) is 0 Å². The number of amides is 1. The van der Waals surface area contributed by atoms with Crippen LogP contribution in [0.2, 0.25) is 0 Å². The highest BCUT2D eigenvalue weighted by molar-refractivity contribution is 6.53. The van der Waals surface area contributed by atoms with Crippen molar-refractivity contribution in [3.8, 4) is 0 Å². The first-order valence-electron chi connectivity index (χ1n) is 7.78. The molecule has 1 aromatic heterocycles. The molecule has 0 N–H and O–H groups in total. The first kappa shape index (κ1) is 14.4. The second-order valence-corrected chi connectivity index (χ2v) is 7.37. The first-order chi connectivity index (χ1) is 10.6. The smallest absolute Gasteiger partial charge is 0.256 e. The van der Waals surface area contributed by atoms with E-state index in [1.54, 1.807) is 0 Å². The molecular formula is C17H18Cl2N2O. The van der Waals surface area contributed by atoms with Gasteiger partial charge in [0.2, 0.25) is 0 Å². The summed E-state index contributed by atoms with van der Waals surface area (Å²) in [6.07, 6.45) is 3.18. The second-order valence-electron chi connectivity index (χ2n) is 6.28. The molecule has 0 radical (unpaired) electrons. The van der Waals surface area contributed by atoms with Gasteiger partial charge >= 0.3 is 0 Å². The fourth-order valence-corrected chi connectivity index (χ4v) is 4.36. The lowest BCUT2D eigenvalue weighted by Crippen LogP contribution is -2.45. The lowest BCUT2D eigenvalue weighted by molar-refractivity contribution is -0.133. The topological polar surface area (TPSA) is 25.2 Å². The van der Waals surface area contributed by atoms with Gasteiger partial charge in [0.05, 0.1) is 6.04 Å². The van der Waals surface area contributed by atoms with Gasteiger partial charge in [-0.2, -0.15) is 0 Å². The van der Waals surface area contributed by atoms with Crippen LogP contribution in [0.25, 0.3) is 10.9 Å². The molecule has 2 heterocycles. The number of halogens is 2. The third kappa shape index (κ3) is 1.99. The summed E-state index contributed by atoms with van der Waals surface area (Å²) < 4.78 is 2.40. The number of carbonyl (C=O) groups excluding carboxylic acids is 1. The van der Waals surface area contributed by atoms with Crippen molar-refractivity contribution in [2.24, 2.45) is 0 Å². The fourth-order valence-electron chi connectivity index (χ4n) is 4.11. The SMILES string of the molecule is Cc1ccc2c(c1)c1c3n2CCN(C(=O)C(Cl)Cl)C3CCC1. The van der Waals surface area contributed by atoms with Crippen molar-refractivity contribution in [1.82, 2.24) is 9.47 Å². The van der Waals surface area contributed by atoms with E-state index in [9.17, 15) is 4.79 Å². The van der Waals surface area contributed by atoms with Crippen LogP contribution >= 0.6 is 23.2 Å². The summed E-state index contributed by atoms with van der Waals surface area (Å²) in [6.45, 7) is 3.63. The fraction of sp³-hybridized carbons (Fsp3) is 0.471. The van der Waals surface area contributed by atoms with Gasteiger partial charge in [-0.15, -0.1) is 0 Å². The molecule has 5 heteroatoms. The molecular weight excluding hydrogens is 319 g/mol. The van der Waals surface area contributed by atoms with Crippen molar-refractivity contribution in [2.75, 3.05) is 6.54 Å². The van der Waals surface area contributed by atoms with Crippen LogP contribution in [0.15, 0.2) is 18.2 Å². The molecule has 0 bridgehead atoms. The lowest BCUT2D eigenvalue weighted by Gasteiger charge is -2.40. The van der Waals surface area contributed by atoms with Gasteiger partial charge in [0.15, 0.2) is 4.84 Å². The van der Waals surface area contributed by atoms with Gasteiger partial charge in [0, 0.05) is 29.7 Å². The molecule has 22 heavy (non-hydrogen) atoms. The monoisotopic (exact) mass is 336 g/mol. The van der Waals surface area contributed by atoms with Crippen LogP contribution in [0.3, 0.4) is 0 Å². The number of hydrogen-bond acceptors (Lipinski definition) is 1. The number of nitrogens with zero attached hydrogens (tertiary/aromatic N) is 2. The maximum absolute atomic E-state index is 12.3. The zero-order chi connectivity index (χ0) is 15.4. The van der Waals surface area contributed by atoms with Crippen molar-refractivity contribution in [2.45, 2.75) is 43.6 Å². The van der Waals surface area contributed by atoms with Crippen molar-refractivity contribution in [3.63, 3.8) is 0 Å².